The SMILES string of the molecule is O=C(NCC(O)c1ccc2c(c1)OCCO2)c1cccc(F)c1. The lowest BCUT2D eigenvalue weighted by molar-refractivity contribution is 0.0915. The summed E-state index contributed by atoms with van der Waals surface area (Å²) >= 11 is 0. The Morgan fingerprint density at radius 3 is 2.74 bits per heavy atom. The lowest BCUT2D eigenvalue weighted by atomic mass is 10.1. The fourth-order valence-corrected chi connectivity index (χ4v) is 2.31. The Labute approximate surface area is 132 Å². The number of carbonyl (C=O) groups excluding carboxylic acids is 1. The molecule has 0 bridgehead atoms. The van der Waals surface area contributed by atoms with Gasteiger partial charge in [0.2, 0.25) is 0 Å². The van der Waals surface area contributed by atoms with Crippen molar-refractivity contribution in [2.75, 3.05) is 19.8 Å². The highest BCUT2D eigenvalue weighted by atomic mass is 19.1. The lowest BCUT2D eigenvalue weighted by Crippen LogP contribution is -2.28. The molecule has 1 unspecified atom stereocenters. The van der Waals surface area contributed by atoms with Gasteiger partial charge in [0, 0.05) is 12.1 Å². The molecule has 23 heavy (non-hydrogen) atoms. The molecule has 2 aromatic carbocycles. The number of halogens is 1. The van der Waals surface area contributed by atoms with Crippen LogP contribution in [0.4, 0.5) is 4.39 Å². The Balaban J connectivity index is 1.63. The molecule has 1 heterocycles. The van der Waals surface area contributed by atoms with Gasteiger partial charge in [-0.2, -0.15) is 0 Å². The van der Waals surface area contributed by atoms with Gasteiger partial charge in [-0.05, 0) is 35.9 Å². The van der Waals surface area contributed by atoms with Crippen LogP contribution >= 0.6 is 0 Å². The quantitative estimate of drug-likeness (QED) is 0.906. The van der Waals surface area contributed by atoms with E-state index in [0.29, 0.717) is 30.3 Å². The van der Waals surface area contributed by atoms with Crippen molar-refractivity contribution in [2.24, 2.45) is 0 Å². The average molecular weight is 317 g/mol. The summed E-state index contributed by atoms with van der Waals surface area (Å²) in [5, 5.41) is 12.8. The average Bonchev–Trinajstić information content (AvgIpc) is 2.59. The third kappa shape index (κ3) is 3.60. The van der Waals surface area contributed by atoms with Crippen molar-refractivity contribution in [1.82, 2.24) is 5.32 Å². The lowest BCUT2D eigenvalue weighted by Gasteiger charge is -2.20. The van der Waals surface area contributed by atoms with Crippen LogP contribution < -0.4 is 14.8 Å². The van der Waals surface area contributed by atoms with Crippen LogP contribution in [0.2, 0.25) is 0 Å². The van der Waals surface area contributed by atoms with Crippen LogP contribution in [0.3, 0.4) is 0 Å². The van der Waals surface area contributed by atoms with E-state index in [1.54, 1.807) is 18.2 Å². The summed E-state index contributed by atoms with van der Waals surface area (Å²) in [7, 11) is 0. The van der Waals surface area contributed by atoms with Gasteiger partial charge >= 0.3 is 0 Å². The number of aliphatic hydroxyl groups is 1. The summed E-state index contributed by atoms with van der Waals surface area (Å²) in [5.41, 5.74) is 0.813. The van der Waals surface area contributed by atoms with E-state index in [0.717, 1.165) is 6.07 Å². The maximum Gasteiger partial charge on any atom is 0.251 e. The molecule has 0 saturated carbocycles. The Kier molecular flexibility index (Phi) is 4.43. The van der Waals surface area contributed by atoms with E-state index in [1.807, 2.05) is 0 Å². The van der Waals surface area contributed by atoms with Crippen LogP contribution in [0.5, 0.6) is 11.5 Å². The minimum absolute atomic E-state index is 0.00892. The smallest absolute Gasteiger partial charge is 0.251 e. The van der Waals surface area contributed by atoms with Gasteiger partial charge in [0.05, 0.1) is 6.10 Å². The molecular formula is C17H16FNO4. The van der Waals surface area contributed by atoms with Gasteiger partial charge < -0.3 is 19.9 Å². The van der Waals surface area contributed by atoms with Crippen molar-refractivity contribution in [1.29, 1.82) is 0 Å². The molecular weight excluding hydrogens is 301 g/mol. The van der Waals surface area contributed by atoms with Crippen LogP contribution in [0.1, 0.15) is 22.0 Å². The fraction of sp³-hybridized carbons (Fsp3) is 0.235. The van der Waals surface area contributed by atoms with Gasteiger partial charge in [0.1, 0.15) is 19.0 Å². The van der Waals surface area contributed by atoms with E-state index in [9.17, 15) is 14.3 Å². The number of nitrogens with one attached hydrogen (secondary N) is 1. The number of hydrogen-bond donors (Lipinski definition) is 2. The minimum atomic E-state index is -0.900. The van der Waals surface area contributed by atoms with Crippen LogP contribution in [0.25, 0.3) is 0 Å². The van der Waals surface area contributed by atoms with Gasteiger partial charge in [0.15, 0.2) is 11.5 Å². The number of rotatable bonds is 4. The van der Waals surface area contributed by atoms with Crippen LogP contribution in [0.15, 0.2) is 42.5 Å². The van der Waals surface area contributed by atoms with Crippen molar-refractivity contribution >= 4 is 5.91 Å². The second-order valence-electron chi connectivity index (χ2n) is 5.14. The highest BCUT2D eigenvalue weighted by Crippen LogP contribution is 2.32. The summed E-state index contributed by atoms with van der Waals surface area (Å²) in [6.07, 6.45) is -0.900. The predicted molar refractivity (Wildman–Crippen MR) is 81.1 cm³/mol. The highest BCUT2D eigenvalue weighted by Gasteiger charge is 2.16. The molecule has 1 aliphatic heterocycles. The molecule has 6 heteroatoms. The summed E-state index contributed by atoms with van der Waals surface area (Å²) in [4.78, 5) is 11.9. The van der Waals surface area contributed by atoms with E-state index in [-0.39, 0.29) is 12.1 Å². The predicted octanol–water partition coefficient (Wildman–Crippen LogP) is 2.06. The standard InChI is InChI=1S/C17H16FNO4/c18-13-3-1-2-12(8-13)17(21)19-10-14(20)11-4-5-15-16(9-11)23-7-6-22-15/h1-5,8-9,14,20H,6-7,10H2,(H,19,21). The van der Waals surface area contributed by atoms with Crippen molar-refractivity contribution in [2.45, 2.75) is 6.10 Å². The molecule has 1 amide bonds. The maximum absolute atomic E-state index is 13.1. The first-order valence-electron chi connectivity index (χ1n) is 7.25. The maximum atomic E-state index is 13.1. The number of carbonyl (C=O) groups is 1. The summed E-state index contributed by atoms with van der Waals surface area (Å²) in [6, 6.07) is 10.5. The fourth-order valence-electron chi connectivity index (χ4n) is 2.31. The molecule has 0 spiro atoms. The monoisotopic (exact) mass is 317 g/mol. The molecule has 2 N–H and O–H groups in total. The molecule has 1 aliphatic rings. The summed E-state index contributed by atoms with van der Waals surface area (Å²) in [5.74, 6) is 0.284. The van der Waals surface area contributed by atoms with E-state index in [2.05, 4.69) is 5.32 Å². The molecule has 120 valence electrons. The molecule has 2 aromatic rings. The highest BCUT2D eigenvalue weighted by molar-refractivity contribution is 5.94. The van der Waals surface area contributed by atoms with Crippen molar-refractivity contribution in [3.8, 4) is 11.5 Å². The second kappa shape index (κ2) is 6.66. The normalized spacial score (nSPS) is 14.2. The van der Waals surface area contributed by atoms with E-state index < -0.39 is 17.8 Å². The molecule has 0 saturated heterocycles. The zero-order valence-electron chi connectivity index (χ0n) is 12.3. The van der Waals surface area contributed by atoms with Gasteiger partial charge in [0.25, 0.3) is 5.91 Å². The number of ether oxygens (including phenoxy) is 2. The van der Waals surface area contributed by atoms with Crippen LogP contribution in [0, 0.1) is 5.82 Å². The van der Waals surface area contributed by atoms with E-state index >= 15 is 0 Å². The Morgan fingerprint density at radius 2 is 1.96 bits per heavy atom. The molecule has 5 nitrogen and oxygen atoms in total. The molecule has 0 fully saturated rings. The third-order valence-electron chi connectivity index (χ3n) is 3.49. The number of fused-ring (bicyclic) bond motifs is 1. The first-order chi connectivity index (χ1) is 11.1. The van der Waals surface area contributed by atoms with Crippen LogP contribution in [-0.2, 0) is 0 Å². The summed E-state index contributed by atoms with van der Waals surface area (Å²) in [6.45, 7) is 0.969. The second-order valence-corrected chi connectivity index (χ2v) is 5.14. The topological polar surface area (TPSA) is 67.8 Å². The molecule has 0 aliphatic carbocycles. The number of amides is 1. The van der Waals surface area contributed by atoms with Gasteiger partial charge in [-0.15, -0.1) is 0 Å². The first-order valence-corrected chi connectivity index (χ1v) is 7.25. The van der Waals surface area contributed by atoms with E-state index in [4.69, 9.17) is 9.47 Å². The minimum Gasteiger partial charge on any atom is -0.486 e. The van der Waals surface area contributed by atoms with Gasteiger partial charge in [-0.25, -0.2) is 4.39 Å². The summed E-state index contributed by atoms with van der Waals surface area (Å²) < 4.78 is 24.0. The zero-order valence-corrected chi connectivity index (χ0v) is 12.3. The number of hydrogen-bond acceptors (Lipinski definition) is 4. The zero-order chi connectivity index (χ0) is 16.2. The number of aliphatic hydroxyl groups excluding tert-OH is 1. The molecule has 0 radical (unpaired) electrons. The molecule has 3 rings (SSSR count). The molecule has 0 aromatic heterocycles. The van der Waals surface area contributed by atoms with Crippen molar-refractivity contribution < 1.29 is 23.8 Å². The van der Waals surface area contributed by atoms with Gasteiger partial charge in [-0.1, -0.05) is 12.1 Å². The van der Waals surface area contributed by atoms with Gasteiger partial charge in [-0.3, -0.25) is 4.79 Å². The van der Waals surface area contributed by atoms with Crippen LogP contribution in [-0.4, -0.2) is 30.8 Å². The van der Waals surface area contributed by atoms with Crippen molar-refractivity contribution in [3.05, 3.63) is 59.4 Å². The largest absolute Gasteiger partial charge is 0.486 e. The third-order valence-corrected chi connectivity index (χ3v) is 3.49. The van der Waals surface area contributed by atoms with E-state index in [1.165, 1.54) is 18.2 Å². The Morgan fingerprint density at radius 1 is 1.17 bits per heavy atom. The number of benzene rings is 2. The van der Waals surface area contributed by atoms with Crippen molar-refractivity contribution in [3.63, 3.8) is 0 Å². The Bertz CT molecular complexity index is 719. The Hall–Kier alpha value is -2.60. The first kappa shape index (κ1) is 15.3. The molecule has 1 atom stereocenters.